The molecule has 1 aliphatic heterocycles. The van der Waals surface area contributed by atoms with Gasteiger partial charge >= 0.3 is 0 Å². The summed E-state index contributed by atoms with van der Waals surface area (Å²) < 4.78 is 4.91. The van der Waals surface area contributed by atoms with E-state index in [1.165, 1.54) is 17.4 Å². The molecule has 19 heavy (non-hydrogen) atoms. The van der Waals surface area contributed by atoms with E-state index in [1.807, 2.05) is 12.1 Å². The van der Waals surface area contributed by atoms with Gasteiger partial charge in [0, 0.05) is 12.2 Å². The molecular weight excluding hydrogens is 264 g/mol. The Morgan fingerprint density at radius 2 is 2.21 bits per heavy atom. The van der Waals surface area contributed by atoms with Crippen LogP contribution < -0.4 is 10.6 Å². The van der Waals surface area contributed by atoms with Crippen LogP contribution in [0.1, 0.15) is 21.5 Å². The third-order valence-corrected chi connectivity index (χ3v) is 3.51. The van der Waals surface area contributed by atoms with Crippen LogP contribution in [0.4, 0.5) is 5.69 Å². The van der Waals surface area contributed by atoms with Crippen molar-refractivity contribution in [3.8, 4) is 0 Å². The van der Waals surface area contributed by atoms with Gasteiger partial charge in [-0.1, -0.05) is 6.07 Å². The minimum absolute atomic E-state index is 0.108. The van der Waals surface area contributed by atoms with Gasteiger partial charge in [-0.2, -0.15) is 0 Å². The van der Waals surface area contributed by atoms with Crippen molar-refractivity contribution in [3.63, 3.8) is 0 Å². The van der Waals surface area contributed by atoms with Crippen molar-refractivity contribution < 1.29 is 9.21 Å². The van der Waals surface area contributed by atoms with E-state index >= 15 is 0 Å². The number of carbonyl (C=O) groups is 1. The van der Waals surface area contributed by atoms with Crippen LogP contribution >= 0.6 is 11.6 Å². The van der Waals surface area contributed by atoms with Gasteiger partial charge in [0.15, 0.2) is 0 Å². The molecule has 0 aliphatic carbocycles. The van der Waals surface area contributed by atoms with Gasteiger partial charge in [0.2, 0.25) is 5.22 Å². The first-order valence-corrected chi connectivity index (χ1v) is 6.49. The fraction of sp³-hybridized carbons (Fsp3) is 0.214. The van der Waals surface area contributed by atoms with Gasteiger partial charge < -0.3 is 15.1 Å². The molecular formula is C14H13ClN2O2. The zero-order valence-corrected chi connectivity index (χ0v) is 11.0. The lowest BCUT2D eigenvalue weighted by atomic mass is 10.0. The lowest BCUT2D eigenvalue weighted by Gasteiger charge is -2.18. The van der Waals surface area contributed by atoms with Crippen LogP contribution in [0.25, 0.3) is 0 Å². The van der Waals surface area contributed by atoms with E-state index in [1.54, 1.807) is 6.07 Å². The Morgan fingerprint density at radius 3 is 3.00 bits per heavy atom. The standard InChI is InChI=1S/C14H13ClN2O2/c15-13-12(4-6-19-13)14(18)17-11-2-1-9-3-5-16-8-10(9)7-11/h1-2,4,6-7,16H,3,5,8H2,(H,17,18). The second-order valence-electron chi connectivity index (χ2n) is 4.47. The van der Waals surface area contributed by atoms with E-state index in [4.69, 9.17) is 16.0 Å². The summed E-state index contributed by atoms with van der Waals surface area (Å²) >= 11 is 5.78. The zero-order valence-electron chi connectivity index (χ0n) is 10.2. The summed E-state index contributed by atoms with van der Waals surface area (Å²) in [6.07, 6.45) is 2.42. The molecule has 1 aromatic heterocycles. The van der Waals surface area contributed by atoms with Crippen LogP contribution in [0.2, 0.25) is 5.22 Å². The van der Waals surface area contributed by atoms with Crippen molar-refractivity contribution in [2.24, 2.45) is 0 Å². The number of hydrogen-bond acceptors (Lipinski definition) is 3. The predicted molar refractivity (Wildman–Crippen MR) is 73.5 cm³/mol. The van der Waals surface area contributed by atoms with E-state index in [2.05, 4.69) is 16.7 Å². The zero-order chi connectivity index (χ0) is 13.2. The molecule has 0 fully saturated rings. The second-order valence-corrected chi connectivity index (χ2v) is 4.82. The van der Waals surface area contributed by atoms with Crippen molar-refractivity contribution in [1.29, 1.82) is 0 Å². The molecule has 0 spiro atoms. The number of rotatable bonds is 2. The third-order valence-electron chi connectivity index (χ3n) is 3.21. The predicted octanol–water partition coefficient (Wildman–Crippen LogP) is 2.83. The monoisotopic (exact) mass is 276 g/mol. The number of anilines is 1. The van der Waals surface area contributed by atoms with E-state index in [9.17, 15) is 4.79 Å². The number of nitrogens with one attached hydrogen (secondary N) is 2. The first-order valence-electron chi connectivity index (χ1n) is 6.11. The molecule has 0 radical (unpaired) electrons. The summed E-state index contributed by atoms with van der Waals surface area (Å²) in [5.41, 5.74) is 3.67. The third kappa shape index (κ3) is 2.50. The largest absolute Gasteiger partial charge is 0.452 e. The molecule has 98 valence electrons. The molecule has 4 nitrogen and oxygen atoms in total. The first kappa shape index (κ1) is 12.3. The Kier molecular flexibility index (Phi) is 3.27. The maximum atomic E-state index is 12.0. The number of fused-ring (bicyclic) bond motifs is 1. The highest BCUT2D eigenvalue weighted by molar-refractivity contribution is 6.32. The minimum Gasteiger partial charge on any atom is -0.452 e. The Hall–Kier alpha value is -1.78. The van der Waals surface area contributed by atoms with Crippen LogP contribution in [0.3, 0.4) is 0 Å². The highest BCUT2D eigenvalue weighted by atomic mass is 35.5. The summed E-state index contributed by atoms with van der Waals surface area (Å²) in [4.78, 5) is 12.0. The average Bonchev–Trinajstić information content (AvgIpc) is 2.85. The van der Waals surface area contributed by atoms with Gasteiger partial charge in [-0.25, -0.2) is 0 Å². The smallest absolute Gasteiger partial charge is 0.260 e. The van der Waals surface area contributed by atoms with Crippen LogP contribution in [0.15, 0.2) is 34.9 Å². The lowest BCUT2D eigenvalue weighted by Crippen LogP contribution is -2.23. The number of furan rings is 1. The van der Waals surface area contributed by atoms with Gasteiger partial charge in [-0.15, -0.1) is 0 Å². The normalized spacial score (nSPS) is 13.9. The highest BCUT2D eigenvalue weighted by Crippen LogP contribution is 2.21. The molecule has 0 unspecified atom stereocenters. The molecule has 0 saturated carbocycles. The molecule has 1 aliphatic rings. The number of amides is 1. The van der Waals surface area contributed by atoms with Crippen molar-refractivity contribution in [2.45, 2.75) is 13.0 Å². The van der Waals surface area contributed by atoms with E-state index in [-0.39, 0.29) is 11.1 Å². The summed E-state index contributed by atoms with van der Waals surface area (Å²) in [5.74, 6) is -0.262. The number of hydrogen-bond donors (Lipinski definition) is 2. The average molecular weight is 277 g/mol. The van der Waals surface area contributed by atoms with Crippen molar-refractivity contribution in [2.75, 3.05) is 11.9 Å². The fourth-order valence-corrected chi connectivity index (χ4v) is 2.41. The van der Waals surface area contributed by atoms with E-state index in [0.717, 1.165) is 25.2 Å². The Balaban J connectivity index is 1.80. The molecule has 1 amide bonds. The van der Waals surface area contributed by atoms with Crippen molar-refractivity contribution in [3.05, 3.63) is 52.4 Å². The molecule has 0 saturated heterocycles. The van der Waals surface area contributed by atoms with Crippen molar-refractivity contribution >= 4 is 23.2 Å². The molecule has 2 aromatic rings. The van der Waals surface area contributed by atoms with Gasteiger partial charge in [0.1, 0.15) is 0 Å². The van der Waals surface area contributed by atoms with Crippen molar-refractivity contribution in [1.82, 2.24) is 5.32 Å². The number of benzene rings is 1. The molecule has 1 aromatic carbocycles. The van der Waals surface area contributed by atoms with Gasteiger partial charge in [0.25, 0.3) is 5.91 Å². The van der Waals surface area contributed by atoms with Gasteiger partial charge in [0.05, 0.1) is 11.8 Å². The van der Waals surface area contributed by atoms with Crippen LogP contribution in [-0.4, -0.2) is 12.5 Å². The van der Waals surface area contributed by atoms with Gasteiger partial charge in [-0.05, 0) is 53.9 Å². The molecule has 2 N–H and O–H groups in total. The first-order chi connectivity index (χ1) is 9.24. The Labute approximate surface area is 115 Å². The lowest BCUT2D eigenvalue weighted by molar-refractivity contribution is 0.102. The topological polar surface area (TPSA) is 54.3 Å². The van der Waals surface area contributed by atoms with Crippen LogP contribution in [0, 0.1) is 0 Å². The number of carbonyl (C=O) groups excluding carboxylic acids is 1. The number of halogens is 1. The summed E-state index contributed by atoms with van der Waals surface area (Å²) in [6.45, 7) is 1.84. The fourth-order valence-electron chi connectivity index (χ4n) is 2.21. The summed E-state index contributed by atoms with van der Waals surface area (Å²) in [7, 11) is 0. The quantitative estimate of drug-likeness (QED) is 0.887. The second kappa shape index (κ2) is 5.07. The minimum atomic E-state index is -0.262. The Morgan fingerprint density at radius 1 is 1.32 bits per heavy atom. The van der Waals surface area contributed by atoms with E-state index in [0.29, 0.717) is 5.56 Å². The Bertz CT molecular complexity index is 622. The summed E-state index contributed by atoms with van der Waals surface area (Å²) in [6, 6.07) is 7.52. The van der Waals surface area contributed by atoms with Crippen LogP contribution in [0.5, 0.6) is 0 Å². The maximum Gasteiger partial charge on any atom is 0.260 e. The van der Waals surface area contributed by atoms with E-state index < -0.39 is 0 Å². The molecule has 0 atom stereocenters. The maximum absolute atomic E-state index is 12.0. The SMILES string of the molecule is O=C(Nc1ccc2c(c1)CNCC2)c1ccoc1Cl. The van der Waals surface area contributed by atoms with Gasteiger partial charge in [-0.3, -0.25) is 4.79 Å². The molecule has 0 bridgehead atoms. The molecule has 5 heteroatoms. The van der Waals surface area contributed by atoms with Crippen LogP contribution in [-0.2, 0) is 13.0 Å². The highest BCUT2D eigenvalue weighted by Gasteiger charge is 2.14. The molecule has 2 heterocycles. The summed E-state index contributed by atoms with van der Waals surface area (Å²) in [5, 5.41) is 6.24. The molecule has 3 rings (SSSR count).